The predicted molar refractivity (Wildman–Crippen MR) is 198 cm³/mol. The number of phenols is 1. The largest absolute Gasteiger partial charge is 0.508 e. The number of phenolic OH excluding ortho intramolecular Hbond substituents is 1. The number of benzene rings is 2. The Balaban J connectivity index is 3.04. The molecule has 0 saturated heterocycles. The third-order valence-electron chi connectivity index (χ3n) is 8.83. The van der Waals surface area contributed by atoms with Crippen LogP contribution in [-0.2, 0) is 0 Å². The van der Waals surface area contributed by atoms with E-state index in [9.17, 15) is 10.2 Å². The molecule has 1 atom stereocenters. The lowest BCUT2D eigenvalue weighted by molar-refractivity contribution is 0.429. The van der Waals surface area contributed by atoms with Gasteiger partial charge in [0.25, 0.3) is 0 Å². The molecule has 0 aromatic heterocycles. The van der Waals surface area contributed by atoms with Crippen LogP contribution >= 0.6 is 0 Å². The number of hydrogen-bond donors (Lipinski definition) is 2. The van der Waals surface area contributed by atoms with Crippen LogP contribution in [0.3, 0.4) is 0 Å². The average molecular weight is 495 g/mol. The van der Waals surface area contributed by atoms with Crippen molar-refractivity contribution in [3.8, 4) is 5.75 Å². The van der Waals surface area contributed by atoms with Crippen LogP contribution in [0.15, 0.2) is 52.1 Å². The normalized spacial score (nSPS) is 14.7. The quantitative estimate of drug-likeness (QED) is 0.218. The minimum Gasteiger partial charge on any atom is -0.508 e. The SMILES string of the molecule is BC(=C)/C(O)=C(\C[C@H](C)/C(C)=C(C(\B)=C/C)/C(B)=C\CC)c1c(B)c(B)c(O)c2c(B)c(B)c(B)c(B)c12. The third kappa shape index (κ3) is 5.77. The molecule has 2 nitrogen and oxygen atoms in total. The second-order valence-electron chi connectivity index (χ2n) is 11.3. The fourth-order valence-corrected chi connectivity index (χ4v) is 5.80. The van der Waals surface area contributed by atoms with Crippen molar-refractivity contribution in [1.82, 2.24) is 0 Å². The number of aliphatic hydroxyl groups is 1. The third-order valence-corrected chi connectivity index (χ3v) is 8.83. The van der Waals surface area contributed by atoms with E-state index in [-0.39, 0.29) is 11.7 Å². The van der Waals surface area contributed by atoms with Gasteiger partial charge in [-0.2, -0.15) is 0 Å². The molecular weight excluding hydrogens is 454 g/mol. The van der Waals surface area contributed by atoms with Gasteiger partial charge in [-0.15, -0.1) is 17.5 Å². The van der Waals surface area contributed by atoms with Crippen LogP contribution in [0.4, 0.5) is 0 Å². The van der Waals surface area contributed by atoms with Gasteiger partial charge in [-0.05, 0) is 49.1 Å². The Hall–Kier alpha value is -2.42. The number of hydrogen-bond acceptors (Lipinski definition) is 2. The maximum atomic E-state index is 11.6. The first-order chi connectivity index (χ1) is 17.6. The fraction of sp³-hybridized carbons (Fsp3) is 0.259. The summed E-state index contributed by atoms with van der Waals surface area (Å²) >= 11 is 0. The highest BCUT2D eigenvalue weighted by atomic mass is 16.3. The predicted octanol–water partition coefficient (Wildman–Crippen LogP) is -5.68. The van der Waals surface area contributed by atoms with Crippen molar-refractivity contribution in [1.29, 1.82) is 0 Å². The van der Waals surface area contributed by atoms with E-state index in [2.05, 4.69) is 101 Å². The molecular formula is C27H41B9O2. The van der Waals surface area contributed by atoms with E-state index in [1.54, 1.807) is 0 Å². The van der Waals surface area contributed by atoms with Gasteiger partial charge in [-0.3, -0.25) is 0 Å². The summed E-state index contributed by atoms with van der Waals surface area (Å²) in [5.41, 5.74) is 14.3. The molecule has 0 unspecified atom stereocenters. The monoisotopic (exact) mass is 496 g/mol. The van der Waals surface area contributed by atoms with Crippen LogP contribution in [0.2, 0.25) is 0 Å². The Bertz CT molecular complexity index is 1420. The molecule has 0 heterocycles. The van der Waals surface area contributed by atoms with E-state index in [1.165, 1.54) is 33.0 Å². The second kappa shape index (κ2) is 12.6. The molecule has 0 spiro atoms. The van der Waals surface area contributed by atoms with Crippen LogP contribution < -0.4 is 32.8 Å². The molecule has 0 aliphatic rings. The lowest BCUT2D eigenvalue weighted by Crippen LogP contribution is -2.49. The lowest BCUT2D eigenvalue weighted by Gasteiger charge is -2.27. The van der Waals surface area contributed by atoms with Gasteiger partial charge in [0.05, 0.1) is 0 Å². The first kappa shape index (κ1) is 31.8. The standard InChI is InChI=1S/C27H41B9O2/c1-6-8-15(30)16(14(29)7-2)11(4)10(3)9-13(26(37)12(5)28)17-18-19(27(38)25(36)20(17)31)22(33)24(35)23(34)21(18)32/h7-8,10,37-38H,5-6,9,28-36H2,1-4H3/b14-7+,15-8+,16-11+,26-13-/t10-/m0/s1. The summed E-state index contributed by atoms with van der Waals surface area (Å²) in [6.45, 7) is 12.9. The van der Waals surface area contributed by atoms with Crippen LogP contribution in [0.1, 0.15) is 46.1 Å². The lowest BCUT2D eigenvalue weighted by atomic mass is 9.61. The number of allylic oxidation sites excluding steroid dienone is 8. The molecule has 0 aliphatic heterocycles. The molecule has 0 fully saturated rings. The Labute approximate surface area is 239 Å². The zero-order chi connectivity index (χ0) is 29.2. The summed E-state index contributed by atoms with van der Waals surface area (Å²) in [6, 6.07) is 0. The van der Waals surface area contributed by atoms with Crippen LogP contribution in [-0.4, -0.2) is 80.8 Å². The minimum atomic E-state index is 0.174. The molecule has 38 heavy (non-hydrogen) atoms. The summed E-state index contributed by atoms with van der Waals surface area (Å²) in [6.07, 6.45) is 6.12. The van der Waals surface area contributed by atoms with E-state index in [0.29, 0.717) is 17.6 Å². The molecule has 0 aliphatic carbocycles. The van der Waals surface area contributed by atoms with Crippen molar-refractivity contribution in [2.45, 2.75) is 40.5 Å². The van der Waals surface area contributed by atoms with Gasteiger partial charge >= 0.3 is 0 Å². The van der Waals surface area contributed by atoms with Gasteiger partial charge in [0, 0.05) is 11.0 Å². The fourth-order valence-electron chi connectivity index (χ4n) is 5.80. The van der Waals surface area contributed by atoms with Crippen LogP contribution in [0, 0.1) is 5.92 Å². The van der Waals surface area contributed by atoms with Crippen molar-refractivity contribution >= 4 is 120 Å². The van der Waals surface area contributed by atoms with Gasteiger partial charge in [-0.25, -0.2) is 0 Å². The van der Waals surface area contributed by atoms with E-state index in [0.717, 1.165) is 50.2 Å². The second-order valence-corrected chi connectivity index (χ2v) is 11.3. The zero-order valence-corrected chi connectivity index (χ0v) is 26.2. The Morgan fingerprint density at radius 3 is 1.87 bits per heavy atom. The van der Waals surface area contributed by atoms with Gasteiger partial charge in [0.15, 0.2) is 0 Å². The molecule has 2 aromatic carbocycles. The molecule has 188 valence electrons. The highest BCUT2D eigenvalue weighted by Gasteiger charge is 2.25. The summed E-state index contributed by atoms with van der Waals surface area (Å²) in [5.74, 6) is 0.766. The number of aromatic hydroxyl groups is 1. The maximum Gasteiger partial charge on any atom is 0.143 e. The highest BCUT2D eigenvalue weighted by Crippen LogP contribution is 2.36. The zero-order valence-electron chi connectivity index (χ0n) is 26.2. The Morgan fingerprint density at radius 1 is 0.868 bits per heavy atom. The van der Waals surface area contributed by atoms with Gasteiger partial charge in [0.2, 0.25) is 0 Å². The number of aliphatic hydroxyl groups excluding tert-OH is 1. The molecule has 2 N–H and O–H groups in total. The molecule has 0 radical (unpaired) electrons. The molecule has 2 rings (SSSR count). The van der Waals surface area contributed by atoms with Gasteiger partial charge in [-0.1, -0.05) is 69.8 Å². The van der Waals surface area contributed by atoms with Gasteiger partial charge < -0.3 is 10.2 Å². The van der Waals surface area contributed by atoms with Crippen LogP contribution in [0.25, 0.3) is 16.3 Å². The van der Waals surface area contributed by atoms with E-state index >= 15 is 0 Å². The maximum absolute atomic E-state index is 11.6. The minimum absolute atomic E-state index is 0.174. The molecule has 0 bridgehead atoms. The van der Waals surface area contributed by atoms with Crippen molar-refractivity contribution in [2.24, 2.45) is 5.92 Å². The average Bonchev–Trinajstić information content (AvgIpc) is 2.87. The first-order valence-electron chi connectivity index (χ1n) is 13.9. The molecule has 11 heteroatoms. The molecule has 0 amide bonds. The smallest absolute Gasteiger partial charge is 0.143 e. The summed E-state index contributed by atoms with van der Waals surface area (Å²) in [4.78, 5) is 0. The van der Waals surface area contributed by atoms with Crippen molar-refractivity contribution in [3.63, 3.8) is 0 Å². The van der Waals surface area contributed by atoms with Crippen molar-refractivity contribution in [2.75, 3.05) is 0 Å². The number of rotatable bonds is 8. The number of fused-ring (bicyclic) bond motifs is 1. The van der Waals surface area contributed by atoms with Crippen LogP contribution in [0.5, 0.6) is 5.75 Å². The van der Waals surface area contributed by atoms with Gasteiger partial charge in [0.1, 0.15) is 82.1 Å². The summed E-state index contributed by atoms with van der Waals surface area (Å²) < 4.78 is 0. The highest BCUT2D eigenvalue weighted by molar-refractivity contribution is 6.68. The summed E-state index contributed by atoms with van der Waals surface area (Å²) in [7, 11) is 18.8. The van der Waals surface area contributed by atoms with E-state index < -0.39 is 0 Å². The first-order valence-corrected chi connectivity index (χ1v) is 13.9. The van der Waals surface area contributed by atoms with E-state index in [4.69, 9.17) is 0 Å². The molecule has 2 aromatic rings. The molecule has 0 saturated carbocycles. The topological polar surface area (TPSA) is 40.5 Å². The summed E-state index contributed by atoms with van der Waals surface area (Å²) in [5, 5.41) is 24.8. The van der Waals surface area contributed by atoms with Crippen molar-refractivity contribution < 1.29 is 10.2 Å². The Morgan fingerprint density at radius 2 is 1.39 bits per heavy atom. The Kier molecular flexibility index (Phi) is 10.6. The van der Waals surface area contributed by atoms with E-state index in [1.807, 2.05) is 15.7 Å². The van der Waals surface area contributed by atoms with Crippen molar-refractivity contribution in [3.05, 3.63) is 57.6 Å².